The normalized spacial score (nSPS) is 11.4. The fraction of sp³-hybridized carbons (Fsp3) is 0.103. The average Bonchev–Trinajstić information content (AvgIpc) is 3.07. The van der Waals surface area contributed by atoms with Gasteiger partial charge in [0.1, 0.15) is 15.0 Å². The molecule has 0 spiro atoms. The maximum absolute atomic E-state index is 12.4. The Balaban J connectivity index is 0.00000312. The second kappa shape index (κ2) is 16.6. The van der Waals surface area contributed by atoms with E-state index in [9.17, 15) is 25.9 Å². The van der Waals surface area contributed by atoms with Crippen molar-refractivity contribution in [2.45, 2.75) is 9.79 Å². The van der Waals surface area contributed by atoms with Crippen LogP contribution in [0.25, 0.3) is 12.2 Å². The van der Waals surface area contributed by atoms with E-state index < -0.39 is 30.0 Å². The maximum atomic E-state index is 12.4. The summed E-state index contributed by atoms with van der Waals surface area (Å²) in [5.74, 6) is 0.0585. The quantitative estimate of drug-likeness (QED) is 0.0740. The van der Waals surface area contributed by atoms with E-state index in [4.69, 9.17) is 14.2 Å². The van der Waals surface area contributed by atoms with Crippen molar-refractivity contribution >= 4 is 67.3 Å². The van der Waals surface area contributed by atoms with Gasteiger partial charge in [0.2, 0.25) is 17.8 Å². The first kappa shape index (κ1) is 38.5. The number of hydrogen-bond donors (Lipinski definition) is 4. The Morgan fingerprint density at radius 2 is 1.06 bits per heavy atom. The minimum absolute atomic E-state index is 0. The molecule has 50 heavy (non-hydrogen) atoms. The van der Waals surface area contributed by atoms with Crippen molar-refractivity contribution in [1.29, 1.82) is 0 Å². The number of anilines is 6. The molecule has 0 aliphatic heterocycles. The molecule has 2 aromatic heterocycles. The van der Waals surface area contributed by atoms with Gasteiger partial charge in [0.05, 0.1) is 26.2 Å². The third-order valence-electron chi connectivity index (χ3n) is 6.32. The second-order valence-electron chi connectivity index (χ2n) is 9.61. The smallest absolute Gasteiger partial charge is 1.00 e. The van der Waals surface area contributed by atoms with Gasteiger partial charge in [-0.05, 0) is 47.5 Å². The minimum atomic E-state index is -5.04. The second-order valence-corrected chi connectivity index (χ2v) is 12.3. The summed E-state index contributed by atoms with van der Waals surface area (Å²) in [6.07, 6.45) is 2.43. The molecule has 3 aromatic carbocycles. The number of aromatic nitrogens is 6. The summed E-state index contributed by atoms with van der Waals surface area (Å²) in [4.78, 5) is 23.2. The van der Waals surface area contributed by atoms with Crippen LogP contribution in [0.2, 0.25) is 0 Å². The molecule has 5 rings (SSSR count). The number of nitrogens with one attached hydrogen (secondary N) is 3. The Labute approximate surface area is 331 Å². The monoisotopic (exact) mass is 749 g/mol. The molecule has 18 nitrogen and oxygen atoms in total. The number of hydrogen-bond acceptors (Lipinski definition) is 17. The molecule has 5 aromatic rings. The molecule has 0 amide bonds. The molecule has 2 heterocycles. The Morgan fingerprint density at radius 1 is 0.640 bits per heavy atom. The molecule has 0 bridgehead atoms. The van der Waals surface area contributed by atoms with Crippen molar-refractivity contribution in [3.63, 3.8) is 0 Å². The van der Waals surface area contributed by atoms with E-state index in [1.807, 2.05) is 18.2 Å². The molecule has 0 saturated heterocycles. The van der Waals surface area contributed by atoms with Gasteiger partial charge in [-0.2, -0.15) is 33.3 Å². The van der Waals surface area contributed by atoms with Crippen molar-refractivity contribution in [3.05, 3.63) is 77.9 Å². The fourth-order valence-electron chi connectivity index (χ4n) is 4.16. The summed E-state index contributed by atoms with van der Waals surface area (Å²) in [6, 6.07) is 16.5. The first-order chi connectivity index (χ1) is 23.3. The number of rotatable bonds is 13. The van der Waals surface area contributed by atoms with Crippen molar-refractivity contribution in [2.75, 3.05) is 37.3 Å². The van der Waals surface area contributed by atoms with Crippen LogP contribution in [0, 0.1) is 0 Å². The van der Waals surface area contributed by atoms with E-state index in [1.165, 1.54) is 57.7 Å². The molecular weight excluding hydrogens is 722 g/mol. The summed E-state index contributed by atoms with van der Waals surface area (Å²) in [5, 5.41) is 8.60. The van der Waals surface area contributed by atoms with Crippen LogP contribution >= 0.6 is 0 Å². The minimum Gasteiger partial charge on any atom is -1.00 e. The zero-order chi connectivity index (χ0) is 35.2. The van der Waals surface area contributed by atoms with Crippen LogP contribution in [0.4, 0.5) is 34.9 Å². The van der Waals surface area contributed by atoms with E-state index >= 15 is 0 Å². The number of benzene rings is 3. The first-order valence-corrected chi connectivity index (χ1v) is 16.6. The first-order valence-electron chi connectivity index (χ1n) is 13.7. The van der Waals surface area contributed by atoms with Gasteiger partial charge in [-0.25, -0.2) is 8.42 Å². The molecule has 0 fully saturated rings. The van der Waals surface area contributed by atoms with Crippen LogP contribution in [0.15, 0.2) is 76.5 Å². The third kappa shape index (κ3) is 10.1. The number of methoxy groups -OCH3 is 3. The van der Waals surface area contributed by atoms with Crippen LogP contribution in [-0.4, -0.2) is 77.2 Å². The predicted octanol–water partition coefficient (Wildman–Crippen LogP) is 0.863. The van der Waals surface area contributed by atoms with E-state index in [0.717, 1.165) is 12.1 Å². The van der Waals surface area contributed by atoms with Crippen LogP contribution in [0.5, 0.6) is 18.0 Å². The SMILES string of the molecule is COc1nc(Nc2ccccc2)nc(Nc2ccc(C=Cc3ccc(Nc4nc(OC)nc(OC)n4)cc3S(=O)(=O)[O-])c(S(=O)(=O)O)c2)n1.[H+].[H-].[K+]. The van der Waals surface area contributed by atoms with E-state index in [0.29, 0.717) is 5.69 Å². The zero-order valence-corrected chi connectivity index (χ0v) is 31.5. The van der Waals surface area contributed by atoms with Gasteiger partial charge in [0.15, 0.2) is 0 Å². The molecule has 0 radical (unpaired) electrons. The van der Waals surface area contributed by atoms with Gasteiger partial charge in [-0.1, -0.05) is 42.5 Å². The summed E-state index contributed by atoms with van der Waals surface area (Å²) >= 11 is 0. The molecular formula is C29H28KN9O9S2. The van der Waals surface area contributed by atoms with Crippen molar-refractivity contribution in [3.8, 4) is 18.0 Å². The Morgan fingerprint density at radius 3 is 1.52 bits per heavy atom. The number of para-hydroxylation sites is 1. The summed E-state index contributed by atoms with van der Waals surface area (Å²) in [7, 11) is -5.85. The summed E-state index contributed by atoms with van der Waals surface area (Å²) < 4.78 is 86.6. The topological polar surface area (TPSA) is 253 Å². The molecule has 4 N–H and O–H groups in total. The molecule has 0 aliphatic rings. The molecule has 0 aliphatic carbocycles. The average molecular weight is 750 g/mol. The Bertz CT molecular complexity index is 2240. The predicted molar refractivity (Wildman–Crippen MR) is 177 cm³/mol. The van der Waals surface area contributed by atoms with Gasteiger partial charge in [-0.15, -0.1) is 4.98 Å². The van der Waals surface area contributed by atoms with Gasteiger partial charge in [0, 0.05) is 17.1 Å². The van der Waals surface area contributed by atoms with Crippen molar-refractivity contribution in [2.24, 2.45) is 0 Å². The standard InChI is InChI=1S/C29H27N9O9S2.K.H/c1-45-27-34-24(30-19-7-5-4-6-8-19)33-25(35-27)31-20-13-11-17(22(15-20)48(39,40)41)9-10-18-12-14-21(16-23(18)49(42,43)44)32-26-36-28(46-2)38-29(37-26)47-3;;/h4-16H,1-3H3,(H,39,40,41)(H,42,43,44)(H,32,36,37,38)(H2,30,31,33,34,35);;/q;+1;-1. The number of ether oxygens (including phenoxy) is 3. The van der Waals surface area contributed by atoms with Crippen molar-refractivity contribution in [1.82, 2.24) is 29.9 Å². The van der Waals surface area contributed by atoms with Gasteiger partial charge in [0.25, 0.3) is 10.1 Å². The van der Waals surface area contributed by atoms with Crippen molar-refractivity contribution < 1.29 is 94.4 Å². The summed E-state index contributed by atoms with van der Waals surface area (Å²) in [5.41, 5.74) is 0.857. The Hall–Kier alpha value is -4.32. The fourth-order valence-corrected chi connectivity index (χ4v) is 5.57. The van der Waals surface area contributed by atoms with Gasteiger partial charge >= 0.3 is 70.8 Å². The Kier molecular flexibility index (Phi) is 12.8. The molecule has 0 saturated carbocycles. The van der Waals surface area contributed by atoms with E-state index in [1.54, 1.807) is 12.1 Å². The molecule has 0 unspecified atom stereocenters. The van der Waals surface area contributed by atoms with Crippen LogP contribution in [0.1, 0.15) is 14.0 Å². The van der Waals surface area contributed by atoms with E-state index in [-0.39, 0.29) is 113 Å². The molecule has 0 atom stereocenters. The number of nitrogens with zero attached hydrogens (tertiary/aromatic N) is 6. The molecule has 256 valence electrons. The van der Waals surface area contributed by atoms with Crippen LogP contribution < -0.4 is 81.5 Å². The summed E-state index contributed by atoms with van der Waals surface area (Å²) in [6.45, 7) is 0. The largest absolute Gasteiger partial charge is 1.00 e. The third-order valence-corrected chi connectivity index (χ3v) is 8.12. The van der Waals surface area contributed by atoms with E-state index in [2.05, 4.69) is 45.9 Å². The molecule has 21 heteroatoms. The van der Waals surface area contributed by atoms with Crippen LogP contribution in [0.3, 0.4) is 0 Å². The van der Waals surface area contributed by atoms with Gasteiger partial charge < -0.3 is 36.1 Å². The maximum Gasteiger partial charge on any atom is 1.00 e. The van der Waals surface area contributed by atoms with Crippen LogP contribution in [-0.2, 0) is 20.2 Å². The zero-order valence-electron chi connectivity index (χ0n) is 28.7. The van der Waals surface area contributed by atoms with Gasteiger partial charge in [-0.3, -0.25) is 4.55 Å².